The largest absolute Gasteiger partial charge is 0.360 e. The monoisotopic (exact) mass is 426 g/mol. The molecule has 0 N–H and O–H groups in total. The second-order valence-electron chi connectivity index (χ2n) is 11.7. The molecule has 2 heterocycles. The maximum absolute atomic E-state index is 12.3. The van der Waals surface area contributed by atoms with Crippen LogP contribution in [0.1, 0.15) is 65.7 Å². The predicted molar refractivity (Wildman–Crippen MR) is 118 cm³/mol. The molecule has 170 valence electrons. The van der Waals surface area contributed by atoms with Gasteiger partial charge in [-0.3, -0.25) is 4.79 Å². The van der Waals surface area contributed by atoms with Crippen LogP contribution >= 0.6 is 0 Å². The highest BCUT2D eigenvalue weighted by Crippen LogP contribution is 2.67. The summed E-state index contributed by atoms with van der Waals surface area (Å²) in [5, 5.41) is 0. The zero-order valence-electron chi connectivity index (χ0n) is 19.3. The van der Waals surface area contributed by atoms with Gasteiger partial charge in [0, 0.05) is 12.0 Å². The van der Waals surface area contributed by atoms with E-state index < -0.39 is 0 Å². The summed E-state index contributed by atoms with van der Waals surface area (Å²) in [7, 11) is 0. The number of carbonyl (C=O) groups is 1. The fraction of sp³-hybridized carbons (Fsp3) is 0.815. The summed E-state index contributed by atoms with van der Waals surface area (Å²) in [6.45, 7) is 9.03. The quantitative estimate of drug-likeness (QED) is 0.589. The number of epoxide rings is 1. The number of ketones is 1. The van der Waals surface area contributed by atoms with Gasteiger partial charge in [0.2, 0.25) is 0 Å². The first-order valence-electron chi connectivity index (χ1n) is 12.8. The first-order valence-corrected chi connectivity index (χ1v) is 12.8. The van der Waals surface area contributed by atoms with Gasteiger partial charge in [-0.1, -0.05) is 32.9 Å². The molecule has 4 heteroatoms. The molecule has 0 radical (unpaired) electrons. The summed E-state index contributed by atoms with van der Waals surface area (Å²) in [6, 6.07) is 0. The Kier molecular flexibility index (Phi) is 4.83. The molecule has 31 heavy (non-hydrogen) atoms. The van der Waals surface area contributed by atoms with E-state index in [2.05, 4.69) is 32.9 Å². The minimum absolute atomic E-state index is 0.0175. The Labute approximate surface area is 186 Å². The Balaban J connectivity index is 1.20. The van der Waals surface area contributed by atoms with Crippen molar-refractivity contribution >= 4 is 5.78 Å². The van der Waals surface area contributed by atoms with Crippen LogP contribution in [0.3, 0.4) is 0 Å². The Bertz CT molecular complexity index is 810. The van der Waals surface area contributed by atoms with Crippen LogP contribution in [-0.4, -0.2) is 37.5 Å². The lowest BCUT2D eigenvalue weighted by atomic mass is 9.48. The highest BCUT2D eigenvalue weighted by molar-refractivity contribution is 5.98. The summed E-state index contributed by atoms with van der Waals surface area (Å²) in [4.78, 5) is 12.3. The van der Waals surface area contributed by atoms with Crippen LogP contribution in [-0.2, 0) is 19.0 Å². The summed E-state index contributed by atoms with van der Waals surface area (Å²) >= 11 is 0. The van der Waals surface area contributed by atoms with Crippen LogP contribution in [0.25, 0.3) is 0 Å². The number of carbonyl (C=O) groups excluding carboxylic acids is 1. The van der Waals surface area contributed by atoms with E-state index in [1.165, 1.54) is 44.1 Å². The van der Waals surface area contributed by atoms with Crippen LogP contribution in [0.4, 0.5) is 0 Å². The first kappa shape index (κ1) is 20.6. The fourth-order valence-electron chi connectivity index (χ4n) is 8.56. The van der Waals surface area contributed by atoms with Crippen molar-refractivity contribution in [2.75, 3.05) is 13.2 Å². The average Bonchev–Trinajstić information content (AvgIpc) is 3.51. The molecule has 2 saturated carbocycles. The summed E-state index contributed by atoms with van der Waals surface area (Å²) < 4.78 is 17.9. The highest BCUT2D eigenvalue weighted by atomic mass is 16.7. The summed E-state index contributed by atoms with van der Waals surface area (Å²) in [5.41, 5.74) is 1.63. The van der Waals surface area contributed by atoms with Crippen molar-refractivity contribution < 1.29 is 19.0 Å². The second-order valence-corrected chi connectivity index (χ2v) is 11.7. The number of fused-ring (bicyclic) bond motifs is 7. The topological polar surface area (TPSA) is 48.1 Å². The van der Waals surface area contributed by atoms with Crippen molar-refractivity contribution in [3.05, 3.63) is 23.8 Å². The molecule has 4 fully saturated rings. The van der Waals surface area contributed by atoms with Crippen LogP contribution < -0.4 is 0 Å². The van der Waals surface area contributed by atoms with Crippen molar-refractivity contribution in [1.82, 2.24) is 0 Å². The second kappa shape index (κ2) is 7.27. The van der Waals surface area contributed by atoms with Gasteiger partial charge in [-0.15, -0.1) is 0 Å². The van der Waals surface area contributed by atoms with Crippen LogP contribution in [0.15, 0.2) is 23.8 Å². The third-order valence-corrected chi connectivity index (χ3v) is 10.3. The zero-order valence-corrected chi connectivity index (χ0v) is 19.3. The lowest BCUT2D eigenvalue weighted by Gasteiger charge is -2.56. The molecular formula is C27H38O4. The van der Waals surface area contributed by atoms with E-state index >= 15 is 0 Å². The fourth-order valence-corrected chi connectivity index (χ4v) is 8.56. The van der Waals surface area contributed by atoms with Gasteiger partial charge in [0.25, 0.3) is 0 Å². The molecule has 4 aliphatic carbocycles. The molecule has 0 spiro atoms. The van der Waals surface area contributed by atoms with Gasteiger partial charge in [-0.2, -0.15) is 0 Å². The number of hydrogen-bond acceptors (Lipinski definition) is 4. The van der Waals surface area contributed by atoms with Crippen molar-refractivity contribution in [2.45, 2.75) is 84.2 Å². The van der Waals surface area contributed by atoms with Crippen molar-refractivity contribution in [3.8, 4) is 0 Å². The van der Waals surface area contributed by atoms with Gasteiger partial charge in [-0.25, -0.2) is 0 Å². The van der Waals surface area contributed by atoms with E-state index in [0.29, 0.717) is 23.2 Å². The molecule has 0 amide bonds. The smallest absolute Gasteiger partial charge is 0.187 e. The van der Waals surface area contributed by atoms with Gasteiger partial charge in [0.15, 0.2) is 12.1 Å². The SMILES string of the molecule is CC(COC1CCCCO1)[C@H]1CC[C@H]2[C@@H]3C=CC4=CC(=O)[C@@H]5O[C@@H]5[C@]4(C)[C@H]3CC[C@]12C. The van der Waals surface area contributed by atoms with Gasteiger partial charge >= 0.3 is 0 Å². The Morgan fingerprint density at radius 3 is 2.84 bits per heavy atom. The van der Waals surface area contributed by atoms with E-state index in [1.807, 2.05) is 6.08 Å². The first-order chi connectivity index (χ1) is 14.9. The molecular weight excluding hydrogens is 388 g/mol. The Morgan fingerprint density at radius 1 is 1.16 bits per heavy atom. The van der Waals surface area contributed by atoms with E-state index in [-0.39, 0.29) is 29.7 Å². The van der Waals surface area contributed by atoms with Crippen LogP contribution in [0.5, 0.6) is 0 Å². The molecule has 10 atom stereocenters. The van der Waals surface area contributed by atoms with E-state index in [4.69, 9.17) is 14.2 Å². The molecule has 6 aliphatic rings. The van der Waals surface area contributed by atoms with Crippen LogP contribution in [0.2, 0.25) is 0 Å². The molecule has 0 bridgehead atoms. The maximum Gasteiger partial charge on any atom is 0.187 e. The molecule has 6 rings (SSSR count). The summed E-state index contributed by atoms with van der Waals surface area (Å²) in [6.07, 6.45) is 15.2. The lowest BCUT2D eigenvalue weighted by Crippen LogP contribution is -2.52. The standard InChI is InChI=1S/C27H38O4/c1-16(15-30-23-6-4-5-13-29-23)19-9-10-20-18-8-7-17-14-22(28)24-25(31-24)27(17,3)21(18)11-12-26(19,20)2/h7-8,14,16,18-21,23-25H,4-6,9-13,15H2,1-3H3/t16?,18-,19+,20-,21-,23?,24-,25-,26+,27-/m0/s1. The third kappa shape index (κ3) is 3.00. The number of allylic oxidation sites excluding steroid dienone is 2. The zero-order chi connectivity index (χ0) is 21.4. The molecule has 2 saturated heterocycles. The van der Waals surface area contributed by atoms with E-state index in [1.54, 1.807) is 0 Å². The minimum Gasteiger partial charge on any atom is -0.360 e. The molecule has 4 nitrogen and oxygen atoms in total. The minimum atomic E-state index is -0.162. The molecule has 2 unspecified atom stereocenters. The Morgan fingerprint density at radius 2 is 2.03 bits per heavy atom. The highest BCUT2D eigenvalue weighted by Gasteiger charge is 2.66. The van der Waals surface area contributed by atoms with E-state index in [9.17, 15) is 4.79 Å². The maximum atomic E-state index is 12.3. The normalized spacial score (nSPS) is 51.3. The Hall–Kier alpha value is -0.970. The van der Waals surface area contributed by atoms with Gasteiger partial charge in [-0.05, 0) is 91.6 Å². The third-order valence-electron chi connectivity index (χ3n) is 10.3. The van der Waals surface area contributed by atoms with Crippen molar-refractivity contribution in [3.63, 3.8) is 0 Å². The molecule has 0 aromatic carbocycles. The van der Waals surface area contributed by atoms with Crippen LogP contribution in [0, 0.1) is 40.4 Å². The number of ether oxygens (including phenoxy) is 3. The predicted octanol–water partition coefficient (Wildman–Crippen LogP) is 5.08. The molecule has 0 aromatic heterocycles. The summed E-state index contributed by atoms with van der Waals surface area (Å²) in [5.74, 6) is 3.41. The number of rotatable bonds is 4. The molecule has 0 aromatic rings. The lowest BCUT2D eigenvalue weighted by molar-refractivity contribution is -0.173. The van der Waals surface area contributed by atoms with Gasteiger partial charge in [0.1, 0.15) is 12.2 Å². The average molecular weight is 427 g/mol. The van der Waals surface area contributed by atoms with Crippen molar-refractivity contribution in [2.24, 2.45) is 40.4 Å². The molecule has 2 aliphatic heterocycles. The van der Waals surface area contributed by atoms with Gasteiger partial charge < -0.3 is 14.2 Å². The number of hydrogen-bond donors (Lipinski definition) is 0. The van der Waals surface area contributed by atoms with E-state index in [0.717, 1.165) is 31.5 Å². The van der Waals surface area contributed by atoms with Gasteiger partial charge in [0.05, 0.1) is 6.61 Å². The van der Waals surface area contributed by atoms with Crippen molar-refractivity contribution in [1.29, 1.82) is 0 Å².